The molecule has 4 heteroatoms. The van der Waals surface area contributed by atoms with E-state index >= 15 is 0 Å². The first-order valence-corrected chi connectivity index (χ1v) is 6.79. The van der Waals surface area contributed by atoms with Crippen LogP contribution in [0.3, 0.4) is 0 Å². The van der Waals surface area contributed by atoms with E-state index in [1.807, 2.05) is 0 Å². The summed E-state index contributed by atoms with van der Waals surface area (Å²) >= 11 is 0. The fourth-order valence-electron chi connectivity index (χ4n) is 3.26. The van der Waals surface area contributed by atoms with E-state index in [4.69, 9.17) is 4.74 Å². The monoisotopic (exact) mass is 240 g/mol. The maximum absolute atomic E-state index is 11.3. The third-order valence-corrected chi connectivity index (χ3v) is 4.28. The van der Waals surface area contributed by atoms with E-state index in [1.165, 1.54) is 39.2 Å². The zero-order valence-electron chi connectivity index (χ0n) is 10.8. The molecule has 17 heavy (non-hydrogen) atoms. The number of rotatable bonds is 3. The lowest BCUT2D eigenvalue weighted by Crippen LogP contribution is -2.62. The van der Waals surface area contributed by atoms with Crippen molar-refractivity contribution in [1.82, 2.24) is 10.2 Å². The molecular weight excluding hydrogens is 216 g/mol. The molecule has 1 aliphatic carbocycles. The lowest BCUT2D eigenvalue weighted by atomic mass is 9.79. The van der Waals surface area contributed by atoms with E-state index in [-0.39, 0.29) is 5.97 Å². The van der Waals surface area contributed by atoms with Crippen molar-refractivity contribution in [3.63, 3.8) is 0 Å². The molecule has 2 fully saturated rings. The van der Waals surface area contributed by atoms with E-state index in [1.54, 1.807) is 0 Å². The molecule has 0 aromatic carbocycles. The highest BCUT2D eigenvalue weighted by molar-refractivity contribution is 5.69. The molecule has 1 heterocycles. The molecule has 1 saturated heterocycles. The highest BCUT2D eigenvalue weighted by Gasteiger charge is 2.39. The van der Waals surface area contributed by atoms with Gasteiger partial charge in [0.2, 0.25) is 0 Å². The van der Waals surface area contributed by atoms with Crippen LogP contribution in [-0.2, 0) is 9.53 Å². The molecule has 2 aliphatic rings. The fraction of sp³-hybridized carbons (Fsp3) is 0.923. The number of carbonyl (C=O) groups is 1. The molecule has 0 atom stereocenters. The van der Waals surface area contributed by atoms with Gasteiger partial charge in [-0.1, -0.05) is 19.3 Å². The number of carbonyl (C=O) groups excluding carboxylic acids is 1. The number of methoxy groups -OCH3 is 1. The van der Waals surface area contributed by atoms with Gasteiger partial charge in [-0.3, -0.25) is 9.69 Å². The van der Waals surface area contributed by atoms with Crippen molar-refractivity contribution in [3.05, 3.63) is 0 Å². The summed E-state index contributed by atoms with van der Waals surface area (Å²) in [4.78, 5) is 13.8. The first-order chi connectivity index (χ1) is 8.27. The van der Waals surface area contributed by atoms with Gasteiger partial charge in [-0.25, -0.2) is 0 Å². The number of ether oxygens (including phenoxy) is 1. The molecule has 1 saturated carbocycles. The predicted molar refractivity (Wildman–Crippen MR) is 66.9 cm³/mol. The Balaban J connectivity index is 1.94. The summed E-state index contributed by atoms with van der Waals surface area (Å²) in [5.74, 6) is -0.0884. The quantitative estimate of drug-likeness (QED) is 0.752. The number of piperazine rings is 1. The Morgan fingerprint density at radius 2 is 2.12 bits per heavy atom. The summed E-state index contributed by atoms with van der Waals surface area (Å²) in [6, 6.07) is 0. The van der Waals surface area contributed by atoms with Gasteiger partial charge in [0.05, 0.1) is 13.5 Å². The van der Waals surface area contributed by atoms with Crippen LogP contribution in [0.2, 0.25) is 0 Å². The molecule has 0 aromatic rings. The van der Waals surface area contributed by atoms with Crippen molar-refractivity contribution in [2.75, 3.05) is 33.3 Å². The average molecular weight is 240 g/mol. The van der Waals surface area contributed by atoms with E-state index < -0.39 is 0 Å². The molecule has 1 N–H and O–H groups in total. The highest BCUT2D eigenvalue weighted by atomic mass is 16.5. The third kappa shape index (κ3) is 2.99. The SMILES string of the molecule is COC(=O)CCN1CCNCC12CCCCC2. The molecule has 1 spiro atoms. The second-order valence-electron chi connectivity index (χ2n) is 5.27. The Hall–Kier alpha value is -0.610. The molecule has 0 bridgehead atoms. The van der Waals surface area contributed by atoms with Gasteiger partial charge in [0.25, 0.3) is 0 Å². The van der Waals surface area contributed by atoms with Crippen molar-refractivity contribution in [2.45, 2.75) is 44.1 Å². The summed E-state index contributed by atoms with van der Waals surface area (Å²) in [5, 5.41) is 3.52. The van der Waals surface area contributed by atoms with Gasteiger partial charge in [0.1, 0.15) is 0 Å². The molecular formula is C13H24N2O2. The number of nitrogens with one attached hydrogen (secondary N) is 1. The molecule has 2 rings (SSSR count). The van der Waals surface area contributed by atoms with Crippen molar-refractivity contribution >= 4 is 5.97 Å². The summed E-state index contributed by atoms with van der Waals surface area (Å²) in [6.45, 7) is 4.06. The smallest absolute Gasteiger partial charge is 0.306 e. The van der Waals surface area contributed by atoms with Gasteiger partial charge in [0.15, 0.2) is 0 Å². The lowest BCUT2D eigenvalue weighted by Gasteiger charge is -2.50. The van der Waals surface area contributed by atoms with Crippen molar-refractivity contribution in [2.24, 2.45) is 0 Å². The Kier molecular flexibility index (Phi) is 4.40. The minimum Gasteiger partial charge on any atom is -0.469 e. The maximum atomic E-state index is 11.3. The van der Waals surface area contributed by atoms with Crippen LogP contribution in [0.15, 0.2) is 0 Å². The first-order valence-electron chi connectivity index (χ1n) is 6.79. The maximum Gasteiger partial charge on any atom is 0.306 e. The topological polar surface area (TPSA) is 41.6 Å². The van der Waals surface area contributed by atoms with Gasteiger partial charge < -0.3 is 10.1 Å². The number of hydrogen-bond acceptors (Lipinski definition) is 4. The Labute approximate surface area is 104 Å². The Bertz CT molecular complexity index is 254. The molecule has 98 valence electrons. The third-order valence-electron chi connectivity index (χ3n) is 4.28. The Morgan fingerprint density at radius 3 is 2.82 bits per heavy atom. The van der Waals surface area contributed by atoms with Gasteiger partial charge in [-0.15, -0.1) is 0 Å². The molecule has 4 nitrogen and oxygen atoms in total. The average Bonchev–Trinajstić information content (AvgIpc) is 2.38. The summed E-state index contributed by atoms with van der Waals surface area (Å²) in [6.07, 6.45) is 7.11. The lowest BCUT2D eigenvalue weighted by molar-refractivity contribution is -0.141. The van der Waals surface area contributed by atoms with E-state index in [2.05, 4.69) is 10.2 Å². The zero-order chi connectivity index (χ0) is 12.1. The van der Waals surface area contributed by atoms with Gasteiger partial charge in [0, 0.05) is 31.7 Å². The minimum atomic E-state index is -0.0884. The number of nitrogens with zero attached hydrogens (tertiary/aromatic N) is 1. The second kappa shape index (κ2) is 5.83. The standard InChI is InChI=1S/C13H24N2O2/c1-17-12(16)5-9-15-10-8-14-11-13(15)6-3-2-4-7-13/h14H,2-11H2,1H3. The Morgan fingerprint density at radius 1 is 1.35 bits per heavy atom. The van der Waals surface area contributed by atoms with Gasteiger partial charge in [-0.2, -0.15) is 0 Å². The van der Waals surface area contributed by atoms with Crippen molar-refractivity contribution < 1.29 is 9.53 Å². The van der Waals surface area contributed by atoms with E-state index in [0.29, 0.717) is 12.0 Å². The van der Waals surface area contributed by atoms with Crippen molar-refractivity contribution in [1.29, 1.82) is 0 Å². The van der Waals surface area contributed by atoms with Crippen LogP contribution in [0.25, 0.3) is 0 Å². The van der Waals surface area contributed by atoms with Crippen LogP contribution in [0.1, 0.15) is 38.5 Å². The number of esters is 1. The van der Waals surface area contributed by atoms with Crippen LogP contribution in [0.5, 0.6) is 0 Å². The zero-order valence-corrected chi connectivity index (χ0v) is 10.8. The molecule has 0 amide bonds. The van der Waals surface area contributed by atoms with Crippen molar-refractivity contribution in [3.8, 4) is 0 Å². The van der Waals surface area contributed by atoms with Gasteiger partial charge in [-0.05, 0) is 12.8 Å². The molecule has 1 aliphatic heterocycles. The van der Waals surface area contributed by atoms with E-state index in [0.717, 1.165) is 26.2 Å². The van der Waals surface area contributed by atoms with Gasteiger partial charge >= 0.3 is 5.97 Å². The molecule has 0 unspecified atom stereocenters. The summed E-state index contributed by atoms with van der Waals surface area (Å²) in [5.41, 5.74) is 0.324. The minimum absolute atomic E-state index is 0.0884. The largest absolute Gasteiger partial charge is 0.469 e. The van der Waals surface area contributed by atoms with Crippen LogP contribution < -0.4 is 5.32 Å². The van der Waals surface area contributed by atoms with E-state index in [9.17, 15) is 4.79 Å². The fourth-order valence-corrected chi connectivity index (χ4v) is 3.26. The number of hydrogen-bond donors (Lipinski definition) is 1. The second-order valence-corrected chi connectivity index (χ2v) is 5.27. The summed E-state index contributed by atoms with van der Waals surface area (Å²) in [7, 11) is 1.47. The normalized spacial score (nSPS) is 24.8. The summed E-state index contributed by atoms with van der Waals surface area (Å²) < 4.78 is 4.74. The highest BCUT2D eigenvalue weighted by Crippen LogP contribution is 2.34. The van der Waals surface area contributed by atoms with Crippen LogP contribution >= 0.6 is 0 Å². The molecule has 0 radical (unpaired) electrons. The first kappa shape index (κ1) is 12.8. The van der Waals surface area contributed by atoms with Crippen LogP contribution in [-0.4, -0.2) is 49.7 Å². The van der Waals surface area contributed by atoms with Crippen LogP contribution in [0, 0.1) is 0 Å². The van der Waals surface area contributed by atoms with Crippen LogP contribution in [0.4, 0.5) is 0 Å². The predicted octanol–water partition coefficient (Wildman–Crippen LogP) is 1.16. The molecule has 0 aromatic heterocycles.